The minimum Gasteiger partial charge on any atom is -0.304 e. The molecule has 0 aromatic carbocycles. The molecule has 14 heavy (non-hydrogen) atoms. The molecule has 1 unspecified atom stereocenters. The Morgan fingerprint density at radius 2 is 1.57 bits per heavy atom. The number of nitrogens with zero attached hydrogens (tertiary/aromatic N) is 1. The van der Waals surface area contributed by atoms with Crippen molar-refractivity contribution < 1.29 is 0 Å². The maximum absolute atomic E-state index is 2.67. The van der Waals surface area contributed by atoms with E-state index >= 15 is 0 Å². The van der Waals surface area contributed by atoms with Crippen LogP contribution in [0.5, 0.6) is 0 Å². The van der Waals surface area contributed by atoms with Crippen LogP contribution in [0.1, 0.15) is 46.5 Å². The first-order valence-electron chi connectivity index (χ1n) is 6.41. The van der Waals surface area contributed by atoms with Crippen LogP contribution in [0.15, 0.2) is 0 Å². The third kappa shape index (κ3) is 5.16. The van der Waals surface area contributed by atoms with Crippen LogP contribution in [0.2, 0.25) is 13.1 Å². The Balaban J connectivity index is 3.99. The van der Waals surface area contributed by atoms with Gasteiger partial charge in [0.05, 0.1) is 8.80 Å². The van der Waals surface area contributed by atoms with Gasteiger partial charge in [0, 0.05) is 0 Å². The zero-order chi connectivity index (χ0) is 11.0. The molecule has 0 rings (SSSR count). The van der Waals surface area contributed by atoms with Gasteiger partial charge in [0.25, 0.3) is 0 Å². The molecule has 0 spiro atoms. The average molecular weight is 215 g/mol. The molecule has 0 amide bonds. The van der Waals surface area contributed by atoms with E-state index in [1.165, 1.54) is 38.8 Å². The summed E-state index contributed by atoms with van der Waals surface area (Å²) < 4.78 is 0. The van der Waals surface area contributed by atoms with Crippen LogP contribution in [-0.4, -0.2) is 32.5 Å². The first-order chi connectivity index (χ1) is 6.67. The Bertz CT molecular complexity index is 121. The summed E-state index contributed by atoms with van der Waals surface area (Å²) in [6.07, 6.45) is 5.64. The molecule has 0 saturated carbocycles. The summed E-state index contributed by atoms with van der Waals surface area (Å²) in [5.41, 5.74) is 0.941. The van der Waals surface area contributed by atoms with E-state index in [0.717, 1.165) is 5.67 Å². The maximum atomic E-state index is 2.67. The molecule has 0 aliphatic carbocycles. The molecular formula is C12H29NSi. The van der Waals surface area contributed by atoms with Crippen molar-refractivity contribution >= 4 is 8.80 Å². The van der Waals surface area contributed by atoms with Gasteiger partial charge in [-0.2, -0.15) is 0 Å². The van der Waals surface area contributed by atoms with Crippen molar-refractivity contribution in [2.24, 2.45) is 0 Å². The van der Waals surface area contributed by atoms with Gasteiger partial charge in [0.15, 0.2) is 0 Å². The third-order valence-electron chi connectivity index (χ3n) is 3.15. The van der Waals surface area contributed by atoms with Crippen LogP contribution >= 0.6 is 0 Å². The predicted molar refractivity (Wildman–Crippen MR) is 69.7 cm³/mol. The van der Waals surface area contributed by atoms with Gasteiger partial charge in [-0.3, -0.25) is 0 Å². The lowest BCUT2D eigenvalue weighted by Crippen LogP contribution is -2.43. The lowest BCUT2D eigenvalue weighted by molar-refractivity contribution is 0.259. The molecule has 0 aromatic rings. The largest absolute Gasteiger partial charge is 0.304 e. The molecule has 0 aliphatic rings. The van der Waals surface area contributed by atoms with Crippen LogP contribution in [0.25, 0.3) is 0 Å². The first kappa shape index (κ1) is 14.2. The van der Waals surface area contributed by atoms with Gasteiger partial charge in [0.2, 0.25) is 0 Å². The van der Waals surface area contributed by atoms with Crippen molar-refractivity contribution in [2.75, 3.05) is 13.1 Å². The Morgan fingerprint density at radius 3 is 1.93 bits per heavy atom. The number of rotatable bonds is 8. The molecule has 0 N–H and O–H groups in total. The first-order valence-corrected chi connectivity index (χ1v) is 9.38. The normalized spacial score (nSPS) is 13.9. The molecule has 0 aliphatic heterocycles. The fourth-order valence-electron chi connectivity index (χ4n) is 2.23. The predicted octanol–water partition coefficient (Wildman–Crippen LogP) is 3.30. The van der Waals surface area contributed by atoms with E-state index in [-0.39, 0.29) is 0 Å². The highest BCUT2D eigenvalue weighted by Crippen LogP contribution is 2.12. The maximum Gasteiger partial charge on any atom is 0.0508 e. The second kappa shape index (κ2) is 8.48. The Hall–Kier alpha value is 0.177. The molecule has 86 valence electrons. The fourth-order valence-corrected chi connectivity index (χ4v) is 4.40. The van der Waals surface area contributed by atoms with Crippen LogP contribution in [-0.2, 0) is 0 Å². The number of unbranched alkanes of at least 4 members (excludes halogenated alkanes) is 2. The Morgan fingerprint density at radius 1 is 1.00 bits per heavy atom. The molecule has 0 heterocycles. The third-order valence-corrected chi connectivity index (χ3v) is 5.45. The molecule has 2 heteroatoms. The molecule has 0 aromatic heterocycles. The number of hydrogen-bond acceptors (Lipinski definition) is 1. The van der Waals surface area contributed by atoms with Crippen LogP contribution in [0.3, 0.4) is 0 Å². The van der Waals surface area contributed by atoms with Gasteiger partial charge in [-0.25, -0.2) is 0 Å². The second-order valence-corrected chi connectivity index (χ2v) is 7.79. The smallest absolute Gasteiger partial charge is 0.0508 e. The zero-order valence-electron chi connectivity index (χ0n) is 10.8. The monoisotopic (exact) mass is 215 g/mol. The van der Waals surface area contributed by atoms with Crippen LogP contribution < -0.4 is 0 Å². The zero-order valence-corrected chi connectivity index (χ0v) is 12.0. The summed E-state index contributed by atoms with van der Waals surface area (Å²) in [4.78, 5) is 2.67. The van der Waals surface area contributed by atoms with Gasteiger partial charge in [0.1, 0.15) is 0 Å². The summed E-state index contributed by atoms with van der Waals surface area (Å²) >= 11 is 0. The minimum absolute atomic E-state index is 0.495. The molecule has 1 atom stereocenters. The van der Waals surface area contributed by atoms with Crippen LogP contribution in [0, 0.1) is 0 Å². The van der Waals surface area contributed by atoms with E-state index < -0.39 is 8.80 Å². The van der Waals surface area contributed by atoms with Crippen LogP contribution in [0.4, 0.5) is 0 Å². The highest BCUT2D eigenvalue weighted by Gasteiger charge is 2.19. The SMILES string of the molecule is CCCCCC(N(CC)CC)[SiH](C)C. The lowest BCUT2D eigenvalue weighted by atomic mass is 10.2. The summed E-state index contributed by atoms with van der Waals surface area (Å²) in [6.45, 7) is 14.3. The topological polar surface area (TPSA) is 3.24 Å². The van der Waals surface area contributed by atoms with E-state index in [0.29, 0.717) is 0 Å². The van der Waals surface area contributed by atoms with Crippen molar-refractivity contribution in [1.82, 2.24) is 4.90 Å². The standard InChI is InChI=1S/C12H29NSi/c1-6-9-10-11-12(14(4)5)13(7-2)8-3/h12,14H,6-11H2,1-5H3. The second-order valence-electron chi connectivity index (χ2n) is 4.53. The fraction of sp³-hybridized carbons (Fsp3) is 1.00. The summed E-state index contributed by atoms with van der Waals surface area (Å²) in [5.74, 6) is 0. The molecule has 0 fully saturated rings. The highest BCUT2D eigenvalue weighted by atomic mass is 28.3. The Kier molecular flexibility index (Phi) is 8.59. The van der Waals surface area contributed by atoms with Gasteiger partial charge in [-0.15, -0.1) is 0 Å². The average Bonchev–Trinajstić information content (AvgIpc) is 2.17. The quantitative estimate of drug-likeness (QED) is 0.443. The van der Waals surface area contributed by atoms with Crippen molar-refractivity contribution in [3.05, 3.63) is 0 Å². The summed E-state index contributed by atoms with van der Waals surface area (Å²) in [7, 11) is -0.495. The van der Waals surface area contributed by atoms with Crippen molar-refractivity contribution in [2.45, 2.75) is 65.2 Å². The van der Waals surface area contributed by atoms with E-state index in [2.05, 4.69) is 38.8 Å². The van der Waals surface area contributed by atoms with E-state index in [1.807, 2.05) is 0 Å². The molecular weight excluding hydrogens is 186 g/mol. The van der Waals surface area contributed by atoms with E-state index in [1.54, 1.807) is 0 Å². The van der Waals surface area contributed by atoms with Gasteiger partial charge < -0.3 is 4.90 Å². The Labute approximate surface area is 92.5 Å². The van der Waals surface area contributed by atoms with Gasteiger partial charge in [-0.05, 0) is 25.2 Å². The lowest BCUT2D eigenvalue weighted by Gasteiger charge is -2.32. The molecule has 1 nitrogen and oxygen atoms in total. The molecule has 0 bridgehead atoms. The highest BCUT2D eigenvalue weighted by molar-refractivity contribution is 6.57. The minimum atomic E-state index is -0.495. The van der Waals surface area contributed by atoms with E-state index in [9.17, 15) is 0 Å². The van der Waals surface area contributed by atoms with Crippen molar-refractivity contribution in [1.29, 1.82) is 0 Å². The van der Waals surface area contributed by atoms with Crippen molar-refractivity contribution in [3.8, 4) is 0 Å². The summed E-state index contributed by atoms with van der Waals surface area (Å²) in [6, 6.07) is 0. The summed E-state index contributed by atoms with van der Waals surface area (Å²) in [5, 5.41) is 0. The van der Waals surface area contributed by atoms with Gasteiger partial charge >= 0.3 is 0 Å². The molecule has 0 radical (unpaired) electrons. The van der Waals surface area contributed by atoms with E-state index in [4.69, 9.17) is 0 Å². The molecule has 0 saturated heterocycles. The van der Waals surface area contributed by atoms with Gasteiger partial charge in [-0.1, -0.05) is 53.1 Å². The number of hydrogen-bond donors (Lipinski definition) is 0. The van der Waals surface area contributed by atoms with Crippen molar-refractivity contribution in [3.63, 3.8) is 0 Å².